The standard InChI is InChI=1S/C38H51NO/c1-3-5-7-9-11-22-30-35(37(39)40)36(31-23-12-10-8-6-4-2)38(32-24-16-13-17-25-32,33-26-18-14-19-27-33)34-28-20-15-21-29-34/h13-21,24-29H,3-12,22-23,30-31H2,1-2H3,(H2,39,40)/b36-35+. The maximum atomic E-state index is 13.4. The predicted molar refractivity (Wildman–Crippen MR) is 171 cm³/mol. The van der Waals surface area contributed by atoms with Crippen LogP contribution in [0.2, 0.25) is 0 Å². The van der Waals surface area contributed by atoms with Crippen molar-refractivity contribution in [3.05, 3.63) is 119 Å². The van der Waals surface area contributed by atoms with E-state index in [1.165, 1.54) is 80.1 Å². The molecule has 0 heterocycles. The fourth-order valence-corrected chi connectivity index (χ4v) is 6.24. The highest BCUT2D eigenvalue weighted by molar-refractivity contribution is 5.93. The monoisotopic (exact) mass is 537 g/mol. The Morgan fingerprint density at radius 3 is 1.25 bits per heavy atom. The number of nitrogens with two attached hydrogens (primary N) is 1. The van der Waals surface area contributed by atoms with Gasteiger partial charge in [-0.2, -0.15) is 0 Å². The van der Waals surface area contributed by atoms with E-state index in [4.69, 9.17) is 5.73 Å². The van der Waals surface area contributed by atoms with E-state index < -0.39 is 5.41 Å². The van der Waals surface area contributed by atoms with Crippen LogP contribution >= 0.6 is 0 Å². The first-order valence-corrected chi connectivity index (χ1v) is 15.8. The molecular formula is C38H51NO. The Kier molecular flexibility index (Phi) is 13.8. The van der Waals surface area contributed by atoms with E-state index in [-0.39, 0.29) is 5.91 Å². The van der Waals surface area contributed by atoms with Gasteiger partial charge in [0.15, 0.2) is 0 Å². The van der Waals surface area contributed by atoms with E-state index in [2.05, 4.69) is 105 Å². The minimum atomic E-state index is -0.584. The maximum Gasteiger partial charge on any atom is 0.244 e. The summed E-state index contributed by atoms with van der Waals surface area (Å²) in [5.74, 6) is -0.262. The molecule has 0 unspecified atom stereocenters. The Bertz CT molecular complexity index is 1040. The minimum Gasteiger partial charge on any atom is -0.366 e. The van der Waals surface area contributed by atoms with E-state index in [1.54, 1.807) is 0 Å². The van der Waals surface area contributed by atoms with Gasteiger partial charge in [0.1, 0.15) is 0 Å². The molecule has 0 radical (unpaired) electrons. The number of rotatable bonds is 19. The van der Waals surface area contributed by atoms with Gasteiger partial charge in [-0.05, 0) is 47.9 Å². The minimum absolute atomic E-state index is 0.262. The molecule has 0 saturated heterocycles. The quantitative estimate of drug-likeness (QED) is 0.0922. The molecule has 0 saturated carbocycles. The molecule has 3 rings (SSSR count). The number of allylic oxidation sites excluding steroid dienone is 1. The van der Waals surface area contributed by atoms with Crippen molar-refractivity contribution < 1.29 is 4.79 Å². The molecule has 0 fully saturated rings. The summed E-state index contributed by atoms with van der Waals surface area (Å²) in [5.41, 5.74) is 11.3. The van der Waals surface area contributed by atoms with Crippen molar-refractivity contribution in [1.82, 2.24) is 0 Å². The number of amides is 1. The summed E-state index contributed by atoms with van der Waals surface area (Å²) >= 11 is 0. The lowest BCUT2D eigenvalue weighted by atomic mass is 9.62. The zero-order chi connectivity index (χ0) is 28.5. The molecule has 40 heavy (non-hydrogen) atoms. The van der Waals surface area contributed by atoms with Crippen molar-refractivity contribution in [1.29, 1.82) is 0 Å². The number of primary amides is 1. The summed E-state index contributed by atoms with van der Waals surface area (Å²) in [4.78, 5) is 13.4. The largest absolute Gasteiger partial charge is 0.366 e. The Morgan fingerprint density at radius 1 is 0.525 bits per heavy atom. The Balaban J connectivity index is 2.19. The normalized spacial score (nSPS) is 12.2. The van der Waals surface area contributed by atoms with Gasteiger partial charge in [0, 0.05) is 5.57 Å². The van der Waals surface area contributed by atoms with Gasteiger partial charge in [-0.15, -0.1) is 0 Å². The fraction of sp³-hybridized carbons (Fsp3) is 0.447. The average molecular weight is 538 g/mol. The highest BCUT2D eigenvalue weighted by Crippen LogP contribution is 2.48. The van der Waals surface area contributed by atoms with Crippen LogP contribution in [-0.2, 0) is 10.2 Å². The van der Waals surface area contributed by atoms with Crippen LogP contribution in [0.4, 0.5) is 0 Å². The Hall–Kier alpha value is -3.13. The fourth-order valence-electron chi connectivity index (χ4n) is 6.24. The summed E-state index contributed by atoms with van der Waals surface area (Å²) in [7, 11) is 0. The highest BCUT2D eigenvalue weighted by Gasteiger charge is 2.41. The number of benzene rings is 3. The molecular weight excluding hydrogens is 486 g/mol. The smallest absolute Gasteiger partial charge is 0.244 e. The van der Waals surface area contributed by atoms with Gasteiger partial charge >= 0.3 is 0 Å². The van der Waals surface area contributed by atoms with Crippen LogP contribution in [0.1, 0.15) is 120 Å². The molecule has 3 aromatic rings. The second-order valence-electron chi connectivity index (χ2n) is 11.2. The first-order chi connectivity index (χ1) is 19.7. The van der Waals surface area contributed by atoms with Gasteiger partial charge in [-0.3, -0.25) is 4.79 Å². The zero-order valence-electron chi connectivity index (χ0n) is 25.0. The van der Waals surface area contributed by atoms with Gasteiger partial charge in [0.2, 0.25) is 5.91 Å². The van der Waals surface area contributed by atoms with Crippen LogP contribution in [0.25, 0.3) is 0 Å². The third-order valence-corrected chi connectivity index (χ3v) is 8.30. The van der Waals surface area contributed by atoms with E-state index >= 15 is 0 Å². The van der Waals surface area contributed by atoms with Crippen LogP contribution < -0.4 is 5.73 Å². The summed E-state index contributed by atoms with van der Waals surface area (Å²) in [6.45, 7) is 4.51. The van der Waals surface area contributed by atoms with Crippen LogP contribution in [-0.4, -0.2) is 5.91 Å². The molecule has 214 valence electrons. The van der Waals surface area contributed by atoms with Crippen LogP contribution in [0.3, 0.4) is 0 Å². The maximum absolute atomic E-state index is 13.4. The molecule has 0 aliphatic carbocycles. The highest BCUT2D eigenvalue weighted by atomic mass is 16.1. The molecule has 0 bridgehead atoms. The summed E-state index contributed by atoms with van der Waals surface area (Å²) in [6, 6.07) is 32.3. The molecule has 0 aliphatic heterocycles. The SMILES string of the molecule is CCCCCCCC/C(C(N)=O)=C(/CCCCCCCC)C(c1ccccc1)(c1ccccc1)c1ccccc1. The molecule has 0 aromatic heterocycles. The van der Waals surface area contributed by atoms with Crippen molar-refractivity contribution >= 4 is 5.91 Å². The molecule has 2 nitrogen and oxygen atoms in total. The van der Waals surface area contributed by atoms with Crippen molar-refractivity contribution in [3.63, 3.8) is 0 Å². The van der Waals surface area contributed by atoms with Crippen molar-refractivity contribution in [2.24, 2.45) is 5.73 Å². The summed E-state index contributed by atoms with van der Waals surface area (Å²) in [5, 5.41) is 0. The van der Waals surface area contributed by atoms with Gasteiger partial charge in [-0.25, -0.2) is 0 Å². The second-order valence-corrected chi connectivity index (χ2v) is 11.2. The zero-order valence-corrected chi connectivity index (χ0v) is 25.0. The lowest BCUT2D eigenvalue weighted by Gasteiger charge is -2.40. The summed E-state index contributed by atoms with van der Waals surface area (Å²) < 4.78 is 0. The first-order valence-electron chi connectivity index (χ1n) is 15.8. The molecule has 0 aliphatic rings. The third kappa shape index (κ3) is 8.43. The lowest BCUT2D eigenvalue weighted by Crippen LogP contribution is -2.35. The topological polar surface area (TPSA) is 43.1 Å². The predicted octanol–water partition coefficient (Wildman–Crippen LogP) is 10.3. The second kappa shape index (κ2) is 17.5. The number of unbranched alkanes of at least 4 members (excludes halogenated alkanes) is 10. The number of carbonyl (C=O) groups is 1. The number of hydrogen-bond acceptors (Lipinski definition) is 1. The molecule has 0 spiro atoms. The third-order valence-electron chi connectivity index (χ3n) is 8.30. The van der Waals surface area contributed by atoms with Crippen LogP contribution in [0, 0.1) is 0 Å². The molecule has 2 N–H and O–H groups in total. The van der Waals surface area contributed by atoms with Gasteiger partial charge in [-0.1, -0.05) is 169 Å². The molecule has 0 atom stereocenters. The first kappa shape index (κ1) is 31.4. The van der Waals surface area contributed by atoms with Crippen LogP contribution in [0.15, 0.2) is 102 Å². The average Bonchev–Trinajstić information content (AvgIpc) is 2.99. The molecule has 2 heteroatoms. The molecule has 1 amide bonds. The van der Waals surface area contributed by atoms with Gasteiger partial charge < -0.3 is 5.73 Å². The number of hydrogen-bond donors (Lipinski definition) is 1. The van der Waals surface area contributed by atoms with Gasteiger partial charge in [0.05, 0.1) is 5.41 Å². The van der Waals surface area contributed by atoms with E-state index in [0.717, 1.165) is 37.7 Å². The van der Waals surface area contributed by atoms with E-state index in [9.17, 15) is 4.79 Å². The van der Waals surface area contributed by atoms with Crippen molar-refractivity contribution in [3.8, 4) is 0 Å². The van der Waals surface area contributed by atoms with E-state index in [0.29, 0.717) is 0 Å². The number of carbonyl (C=O) groups excluding carboxylic acids is 1. The lowest BCUT2D eigenvalue weighted by molar-refractivity contribution is -0.114. The van der Waals surface area contributed by atoms with E-state index in [1.807, 2.05) is 0 Å². The van der Waals surface area contributed by atoms with Crippen molar-refractivity contribution in [2.45, 2.75) is 109 Å². The summed E-state index contributed by atoms with van der Waals surface area (Å²) in [6.07, 6.45) is 16.0. The molecule has 3 aromatic carbocycles. The van der Waals surface area contributed by atoms with Crippen LogP contribution in [0.5, 0.6) is 0 Å². The van der Waals surface area contributed by atoms with Gasteiger partial charge in [0.25, 0.3) is 0 Å². The van der Waals surface area contributed by atoms with Crippen molar-refractivity contribution in [2.75, 3.05) is 0 Å². The Morgan fingerprint density at radius 2 is 0.875 bits per heavy atom. The Labute approximate surface area is 244 Å².